The lowest BCUT2D eigenvalue weighted by molar-refractivity contribution is -0.0238. The Hall–Kier alpha value is -2.52. The van der Waals surface area contributed by atoms with Gasteiger partial charge in [0.2, 0.25) is 5.92 Å². The number of hydrogen-bond acceptors (Lipinski definition) is 5. The van der Waals surface area contributed by atoms with Crippen molar-refractivity contribution in [1.29, 1.82) is 5.26 Å². The summed E-state index contributed by atoms with van der Waals surface area (Å²) in [6, 6.07) is 4.39. The largest absolute Gasteiger partial charge is 0.343 e. The predicted molar refractivity (Wildman–Crippen MR) is 104 cm³/mol. The summed E-state index contributed by atoms with van der Waals surface area (Å²) in [5.41, 5.74) is -0.423. The molecule has 0 aromatic carbocycles. The summed E-state index contributed by atoms with van der Waals surface area (Å²) in [5, 5.41) is 11.2. The number of aryl methyl sites for hydroxylation is 1. The van der Waals surface area contributed by atoms with Crippen LogP contribution in [0.25, 0.3) is 0 Å². The summed E-state index contributed by atoms with van der Waals surface area (Å²) in [6.07, 6.45) is 2.13. The number of nitriles is 1. The molecule has 0 radical (unpaired) electrons. The molecule has 2 rings (SSSR count). The van der Waals surface area contributed by atoms with Crippen molar-refractivity contribution in [2.24, 2.45) is 13.0 Å². The Kier molecular flexibility index (Phi) is 7.50. The van der Waals surface area contributed by atoms with E-state index in [0.29, 0.717) is 6.92 Å². The van der Waals surface area contributed by atoms with Crippen molar-refractivity contribution in [3.05, 3.63) is 41.7 Å². The predicted octanol–water partition coefficient (Wildman–Crippen LogP) is 2.86. The molecule has 2 aromatic heterocycles. The SMILES string of the molecule is C[C@H](CS(=O)(=O)c1cn(C)c(C(=O)Nc2ccnc(C#N)c2)c1F)C(C)(F)F.S. The third-order valence-corrected chi connectivity index (χ3v) is 6.00. The molecule has 12 heteroatoms. The molecule has 0 saturated heterocycles. The van der Waals surface area contributed by atoms with Crippen molar-refractivity contribution in [3.8, 4) is 6.07 Å². The van der Waals surface area contributed by atoms with E-state index in [-0.39, 0.29) is 24.9 Å². The van der Waals surface area contributed by atoms with E-state index in [1.807, 2.05) is 0 Å². The summed E-state index contributed by atoms with van der Waals surface area (Å²) < 4.78 is 67.1. The second-order valence-corrected chi connectivity index (χ2v) is 8.40. The summed E-state index contributed by atoms with van der Waals surface area (Å²) in [5.74, 6) is -8.09. The van der Waals surface area contributed by atoms with E-state index >= 15 is 0 Å². The number of carbonyl (C=O) groups is 1. The van der Waals surface area contributed by atoms with Crippen LogP contribution in [-0.2, 0) is 16.9 Å². The molecule has 0 aliphatic carbocycles. The van der Waals surface area contributed by atoms with Gasteiger partial charge in [-0.2, -0.15) is 18.8 Å². The molecule has 1 atom stereocenters. The Morgan fingerprint density at radius 3 is 2.62 bits per heavy atom. The zero-order valence-corrected chi connectivity index (χ0v) is 17.5. The van der Waals surface area contributed by atoms with Gasteiger partial charge in [-0.05, 0) is 19.1 Å². The molecule has 0 fully saturated rings. The van der Waals surface area contributed by atoms with Crippen LogP contribution in [0.5, 0.6) is 0 Å². The highest BCUT2D eigenvalue weighted by Crippen LogP contribution is 2.29. The number of rotatable bonds is 6. The molecule has 0 bridgehead atoms. The maximum absolute atomic E-state index is 14.7. The first kappa shape index (κ1) is 24.5. The molecule has 2 heterocycles. The van der Waals surface area contributed by atoms with Gasteiger partial charge in [0.25, 0.3) is 5.91 Å². The normalized spacial score (nSPS) is 12.6. The van der Waals surface area contributed by atoms with Crippen molar-refractivity contribution >= 4 is 34.9 Å². The minimum Gasteiger partial charge on any atom is -0.343 e. The van der Waals surface area contributed by atoms with Gasteiger partial charge in [0.15, 0.2) is 15.7 Å². The van der Waals surface area contributed by atoms with Crippen LogP contribution in [0.2, 0.25) is 0 Å². The minimum atomic E-state index is -4.40. The molecule has 7 nitrogen and oxygen atoms in total. The van der Waals surface area contributed by atoms with Crippen molar-refractivity contribution in [1.82, 2.24) is 9.55 Å². The Morgan fingerprint density at radius 2 is 2.07 bits per heavy atom. The summed E-state index contributed by atoms with van der Waals surface area (Å²) >= 11 is 0. The van der Waals surface area contributed by atoms with Crippen molar-refractivity contribution in [2.45, 2.75) is 24.7 Å². The van der Waals surface area contributed by atoms with E-state index in [4.69, 9.17) is 5.26 Å². The number of sulfone groups is 1. The fourth-order valence-corrected chi connectivity index (χ4v) is 4.19. The summed E-state index contributed by atoms with van der Waals surface area (Å²) in [7, 11) is -3.15. The zero-order chi connectivity index (χ0) is 21.3. The third kappa shape index (κ3) is 5.51. The minimum absolute atomic E-state index is 0. The van der Waals surface area contributed by atoms with Gasteiger partial charge in [-0.3, -0.25) is 4.79 Å². The Labute approximate surface area is 172 Å². The molecule has 158 valence electrons. The number of carbonyl (C=O) groups excluding carboxylic acids is 1. The van der Waals surface area contributed by atoms with Gasteiger partial charge in [-0.1, -0.05) is 6.92 Å². The number of pyridine rings is 1. The standard InChI is InChI=1S/C17H17F3N4O3S.H2S/c1-10(17(2,19)20)9-28(26,27)13-8-24(3)15(14(13)18)16(25)23-11-4-5-22-12(6-11)7-21;/h4-6,8,10H,9H2,1-3H3,(H,22,23,25);1H2/t10-;/m1./s1. The first-order valence-electron chi connectivity index (χ1n) is 7.99. The number of amides is 1. The molecule has 0 saturated carbocycles. The Bertz CT molecular complexity index is 1060. The zero-order valence-electron chi connectivity index (χ0n) is 15.7. The van der Waals surface area contributed by atoms with E-state index in [1.165, 1.54) is 25.4 Å². The van der Waals surface area contributed by atoms with Gasteiger partial charge in [0.05, 0.1) is 5.75 Å². The van der Waals surface area contributed by atoms with Gasteiger partial charge in [-0.25, -0.2) is 26.6 Å². The second-order valence-electron chi connectivity index (χ2n) is 6.40. The fourth-order valence-electron chi connectivity index (χ4n) is 2.37. The molecule has 29 heavy (non-hydrogen) atoms. The van der Waals surface area contributed by atoms with Gasteiger partial charge in [0.1, 0.15) is 22.4 Å². The highest BCUT2D eigenvalue weighted by molar-refractivity contribution is 7.91. The molecule has 0 aliphatic rings. The maximum Gasteiger partial charge on any atom is 0.275 e. The van der Waals surface area contributed by atoms with Crippen LogP contribution in [-0.4, -0.2) is 35.6 Å². The Balaban J connectivity index is 0.00000420. The van der Waals surface area contributed by atoms with E-state index in [2.05, 4.69) is 10.3 Å². The van der Waals surface area contributed by atoms with E-state index in [9.17, 15) is 26.4 Å². The highest BCUT2D eigenvalue weighted by Gasteiger charge is 2.37. The van der Waals surface area contributed by atoms with Crippen molar-refractivity contribution < 1.29 is 26.4 Å². The van der Waals surface area contributed by atoms with E-state index in [1.54, 1.807) is 6.07 Å². The number of nitrogens with one attached hydrogen (secondary N) is 1. The number of hydrogen-bond donors (Lipinski definition) is 1. The fraction of sp³-hybridized carbons (Fsp3) is 0.353. The van der Waals surface area contributed by atoms with Crippen molar-refractivity contribution in [2.75, 3.05) is 11.1 Å². The first-order valence-corrected chi connectivity index (χ1v) is 9.65. The molecule has 1 amide bonds. The molecule has 0 unspecified atom stereocenters. The molecule has 0 spiro atoms. The summed E-state index contributed by atoms with van der Waals surface area (Å²) in [4.78, 5) is 15.3. The molecule has 2 aromatic rings. The third-order valence-electron chi connectivity index (χ3n) is 4.11. The van der Waals surface area contributed by atoms with Crippen LogP contribution >= 0.6 is 13.5 Å². The molecule has 1 N–H and O–H groups in total. The number of nitrogens with zero attached hydrogens (tertiary/aromatic N) is 3. The van der Waals surface area contributed by atoms with Gasteiger partial charge in [0, 0.05) is 31.0 Å². The second kappa shape index (κ2) is 8.87. The van der Waals surface area contributed by atoms with Crippen molar-refractivity contribution in [3.63, 3.8) is 0 Å². The molecular formula is C17H19F3N4O3S2. The van der Waals surface area contributed by atoms with Crippen LogP contribution in [0.4, 0.5) is 18.9 Å². The first-order chi connectivity index (χ1) is 12.9. The summed E-state index contributed by atoms with van der Waals surface area (Å²) in [6.45, 7) is 1.62. The lowest BCUT2D eigenvalue weighted by Crippen LogP contribution is -2.29. The van der Waals surface area contributed by atoms with Gasteiger partial charge in [-0.15, -0.1) is 0 Å². The van der Waals surface area contributed by atoms with Gasteiger partial charge >= 0.3 is 0 Å². The highest BCUT2D eigenvalue weighted by atomic mass is 32.2. The van der Waals surface area contributed by atoms with Crippen LogP contribution in [0.15, 0.2) is 29.4 Å². The lowest BCUT2D eigenvalue weighted by Gasteiger charge is -2.18. The lowest BCUT2D eigenvalue weighted by atomic mass is 10.1. The number of aromatic nitrogens is 2. The quantitative estimate of drug-likeness (QED) is 0.732. The average Bonchev–Trinajstić information content (AvgIpc) is 2.89. The van der Waals surface area contributed by atoms with E-state index in [0.717, 1.165) is 17.7 Å². The molecular weight excluding hydrogens is 429 g/mol. The topological polar surface area (TPSA) is 105 Å². The maximum atomic E-state index is 14.7. The number of alkyl halides is 2. The molecule has 0 aliphatic heterocycles. The smallest absolute Gasteiger partial charge is 0.275 e. The van der Waals surface area contributed by atoms with E-state index < -0.39 is 49.7 Å². The van der Waals surface area contributed by atoms with Crippen LogP contribution in [0.3, 0.4) is 0 Å². The number of halogens is 3. The van der Waals surface area contributed by atoms with Crippen LogP contribution in [0.1, 0.15) is 30.0 Å². The van der Waals surface area contributed by atoms with Crippen LogP contribution in [0, 0.1) is 23.1 Å². The Morgan fingerprint density at radius 1 is 1.45 bits per heavy atom. The van der Waals surface area contributed by atoms with Crippen LogP contribution < -0.4 is 5.32 Å². The average molecular weight is 448 g/mol. The number of anilines is 1. The van der Waals surface area contributed by atoms with Gasteiger partial charge < -0.3 is 9.88 Å². The monoisotopic (exact) mass is 448 g/mol.